The SMILES string of the molecule is COc1ccc(N)c(SCc2cc(C)ccc2C)c1. The topological polar surface area (TPSA) is 35.2 Å². The second-order valence-corrected chi connectivity index (χ2v) is 5.64. The van der Waals surface area contributed by atoms with Gasteiger partial charge in [-0.15, -0.1) is 11.8 Å². The molecule has 0 fully saturated rings. The quantitative estimate of drug-likeness (QED) is 0.670. The Morgan fingerprint density at radius 1 is 1.11 bits per heavy atom. The van der Waals surface area contributed by atoms with E-state index in [0.29, 0.717) is 0 Å². The monoisotopic (exact) mass is 273 g/mol. The molecule has 19 heavy (non-hydrogen) atoms. The number of rotatable bonds is 4. The van der Waals surface area contributed by atoms with Gasteiger partial charge in [-0.05, 0) is 43.2 Å². The van der Waals surface area contributed by atoms with Crippen molar-refractivity contribution in [3.63, 3.8) is 0 Å². The summed E-state index contributed by atoms with van der Waals surface area (Å²) in [5, 5.41) is 0. The molecule has 0 bridgehead atoms. The van der Waals surface area contributed by atoms with Gasteiger partial charge in [-0.2, -0.15) is 0 Å². The third-order valence-electron chi connectivity index (χ3n) is 3.11. The highest BCUT2D eigenvalue weighted by Gasteiger charge is 2.05. The van der Waals surface area contributed by atoms with Crippen molar-refractivity contribution < 1.29 is 4.74 Å². The summed E-state index contributed by atoms with van der Waals surface area (Å²) in [6.45, 7) is 4.26. The van der Waals surface area contributed by atoms with Gasteiger partial charge >= 0.3 is 0 Å². The van der Waals surface area contributed by atoms with E-state index >= 15 is 0 Å². The Kier molecular flexibility index (Phi) is 4.38. The molecule has 2 rings (SSSR count). The van der Waals surface area contributed by atoms with Crippen LogP contribution in [-0.2, 0) is 5.75 Å². The predicted molar refractivity (Wildman–Crippen MR) is 82.9 cm³/mol. The third-order valence-corrected chi connectivity index (χ3v) is 4.23. The number of benzene rings is 2. The van der Waals surface area contributed by atoms with Gasteiger partial charge in [0.2, 0.25) is 0 Å². The van der Waals surface area contributed by atoms with Gasteiger partial charge in [-0.3, -0.25) is 0 Å². The molecule has 2 N–H and O–H groups in total. The van der Waals surface area contributed by atoms with Crippen LogP contribution in [0.4, 0.5) is 5.69 Å². The van der Waals surface area contributed by atoms with Crippen LogP contribution in [0.3, 0.4) is 0 Å². The summed E-state index contributed by atoms with van der Waals surface area (Å²) in [4.78, 5) is 1.07. The Morgan fingerprint density at radius 2 is 1.89 bits per heavy atom. The molecule has 2 aromatic rings. The minimum atomic E-state index is 0.802. The maximum atomic E-state index is 6.00. The summed E-state index contributed by atoms with van der Waals surface area (Å²) in [6.07, 6.45) is 0. The molecule has 0 aliphatic carbocycles. The first-order valence-electron chi connectivity index (χ1n) is 6.22. The van der Waals surface area contributed by atoms with E-state index in [-0.39, 0.29) is 0 Å². The number of nitrogens with two attached hydrogens (primary N) is 1. The summed E-state index contributed by atoms with van der Waals surface area (Å²) in [6, 6.07) is 12.3. The zero-order valence-corrected chi connectivity index (χ0v) is 12.4. The smallest absolute Gasteiger partial charge is 0.120 e. The molecule has 0 heterocycles. The van der Waals surface area contributed by atoms with Crippen molar-refractivity contribution in [1.82, 2.24) is 0 Å². The Balaban J connectivity index is 2.16. The van der Waals surface area contributed by atoms with Crippen molar-refractivity contribution in [2.45, 2.75) is 24.5 Å². The van der Waals surface area contributed by atoms with Crippen LogP contribution in [0.5, 0.6) is 5.75 Å². The Bertz CT molecular complexity index is 581. The number of ether oxygens (including phenoxy) is 1. The lowest BCUT2D eigenvalue weighted by Crippen LogP contribution is -1.92. The molecule has 0 saturated carbocycles. The molecular weight excluding hydrogens is 254 g/mol. The average Bonchev–Trinajstić information content (AvgIpc) is 2.41. The summed E-state index contributed by atoms with van der Waals surface area (Å²) in [5.74, 6) is 1.77. The Hall–Kier alpha value is -1.61. The molecule has 0 atom stereocenters. The van der Waals surface area contributed by atoms with Gasteiger partial charge in [0, 0.05) is 16.3 Å². The lowest BCUT2D eigenvalue weighted by atomic mass is 10.1. The average molecular weight is 273 g/mol. The highest BCUT2D eigenvalue weighted by molar-refractivity contribution is 7.98. The normalized spacial score (nSPS) is 10.5. The largest absolute Gasteiger partial charge is 0.497 e. The third kappa shape index (κ3) is 3.44. The predicted octanol–water partition coefficient (Wildman–Crippen LogP) is 4.19. The van der Waals surface area contributed by atoms with Crippen LogP contribution in [0.25, 0.3) is 0 Å². The van der Waals surface area contributed by atoms with E-state index in [1.165, 1.54) is 16.7 Å². The van der Waals surface area contributed by atoms with E-state index in [2.05, 4.69) is 32.0 Å². The lowest BCUT2D eigenvalue weighted by Gasteiger charge is -2.10. The van der Waals surface area contributed by atoms with E-state index in [1.807, 2.05) is 18.2 Å². The molecule has 2 aromatic carbocycles. The molecule has 0 radical (unpaired) electrons. The van der Waals surface area contributed by atoms with E-state index < -0.39 is 0 Å². The first-order chi connectivity index (χ1) is 9.10. The number of hydrogen-bond acceptors (Lipinski definition) is 3. The number of aryl methyl sites for hydroxylation is 2. The zero-order valence-electron chi connectivity index (χ0n) is 11.6. The van der Waals surface area contributed by atoms with Crippen molar-refractivity contribution in [2.24, 2.45) is 0 Å². The summed E-state index contributed by atoms with van der Waals surface area (Å²) in [5.41, 5.74) is 10.8. The van der Waals surface area contributed by atoms with Gasteiger partial charge in [0.25, 0.3) is 0 Å². The first-order valence-corrected chi connectivity index (χ1v) is 7.21. The highest BCUT2D eigenvalue weighted by Crippen LogP contribution is 2.32. The Labute approximate surface area is 119 Å². The van der Waals surface area contributed by atoms with E-state index in [1.54, 1.807) is 18.9 Å². The number of hydrogen-bond donors (Lipinski definition) is 1. The number of anilines is 1. The first kappa shape index (κ1) is 13.8. The van der Waals surface area contributed by atoms with Gasteiger partial charge in [0.05, 0.1) is 7.11 Å². The highest BCUT2D eigenvalue weighted by atomic mass is 32.2. The van der Waals surface area contributed by atoms with Gasteiger partial charge in [0.1, 0.15) is 5.75 Å². The fourth-order valence-electron chi connectivity index (χ4n) is 1.88. The zero-order chi connectivity index (χ0) is 13.8. The molecule has 0 aliphatic rings. The van der Waals surface area contributed by atoms with Crippen LogP contribution in [0.15, 0.2) is 41.3 Å². The fourth-order valence-corrected chi connectivity index (χ4v) is 2.93. The maximum absolute atomic E-state index is 6.00. The molecule has 100 valence electrons. The summed E-state index contributed by atoms with van der Waals surface area (Å²) < 4.78 is 5.24. The van der Waals surface area contributed by atoms with Gasteiger partial charge in [-0.1, -0.05) is 23.8 Å². The van der Waals surface area contributed by atoms with Gasteiger partial charge < -0.3 is 10.5 Å². The van der Waals surface area contributed by atoms with Gasteiger partial charge in [0.15, 0.2) is 0 Å². The maximum Gasteiger partial charge on any atom is 0.120 e. The standard InChI is InChI=1S/C16H19NOS/c1-11-4-5-12(2)13(8-11)10-19-16-9-14(18-3)6-7-15(16)17/h4-9H,10,17H2,1-3H3. The molecule has 0 aliphatic heterocycles. The van der Waals surface area contributed by atoms with Crippen molar-refractivity contribution in [3.05, 3.63) is 53.1 Å². The minimum absolute atomic E-state index is 0.802. The van der Waals surface area contributed by atoms with Crippen molar-refractivity contribution in [3.8, 4) is 5.75 Å². The van der Waals surface area contributed by atoms with E-state index in [0.717, 1.165) is 22.1 Å². The van der Waals surface area contributed by atoms with Crippen LogP contribution >= 0.6 is 11.8 Å². The number of thioether (sulfide) groups is 1. The molecule has 0 saturated heterocycles. The van der Waals surface area contributed by atoms with Crippen LogP contribution < -0.4 is 10.5 Å². The molecule has 0 spiro atoms. The van der Waals surface area contributed by atoms with Crippen molar-refractivity contribution in [2.75, 3.05) is 12.8 Å². The molecule has 0 aromatic heterocycles. The lowest BCUT2D eigenvalue weighted by molar-refractivity contribution is 0.414. The second-order valence-electron chi connectivity index (χ2n) is 4.62. The number of methoxy groups -OCH3 is 1. The molecule has 0 amide bonds. The van der Waals surface area contributed by atoms with Crippen LogP contribution in [0.2, 0.25) is 0 Å². The van der Waals surface area contributed by atoms with Crippen LogP contribution in [-0.4, -0.2) is 7.11 Å². The fraction of sp³-hybridized carbons (Fsp3) is 0.250. The summed E-state index contributed by atoms with van der Waals surface area (Å²) >= 11 is 1.75. The molecule has 2 nitrogen and oxygen atoms in total. The molecule has 0 unspecified atom stereocenters. The summed E-state index contributed by atoms with van der Waals surface area (Å²) in [7, 11) is 1.67. The van der Waals surface area contributed by atoms with E-state index in [4.69, 9.17) is 10.5 Å². The van der Waals surface area contributed by atoms with Gasteiger partial charge in [-0.25, -0.2) is 0 Å². The second kappa shape index (κ2) is 6.02. The van der Waals surface area contributed by atoms with Crippen LogP contribution in [0.1, 0.15) is 16.7 Å². The molecule has 3 heteroatoms. The van der Waals surface area contributed by atoms with Crippen molar-refractivity contribution in [1.29, 1.82) is 0 Å². The number of nitrogen functional groups attached to an aromatic ring is 1. The van der Waals surface area contributed by atoms with Crippen molar-refractivity contribution >= 4 is 17.4 Å². The Morgan fingerprint density at radius 3 is 2.63 bits per heavy atom. The van der Waals surface area contributed by atoms with E-state index in [9.17, 15) is 0 Å². The van der Waals surface area contributed by atoms with Crippen LogP contribution in [0, 0.1) is 13.8 Å². The molecular formula is C16H19NOS. The minimum Gasteiger partial charge on any atom is -0.497 e.